The summed E-state index contributed by atoms with van der Waals surface area (Å²) in [4.78, 5) is 28.2. The first kappa shape index (κ1) is 28.9. The van der Waals surface area contributed by atoms with Crippen LogP contribution < -0.4 is 9.62 Å². The van der Waals surface area contributed by atoms with Crippen molar-refractivity contribution in [2.24, 2.45) is 0 Å². The molecule has 0 fully saturated rings. The Morgan fingerprint density at radius 3 is 2.05 bits per heavy atom. The van der Waals surface area contributed by atoms with Crippen LogP contribution in [0.2, 0.25) is 0 Å². The monoisotopic (exact) mass is 535 g/mol. The van der Waals surface area contributed by atoms with Gasteiger partial charge < -0.3 is 10.2 Å². The average molecular weight is 536 g/mol. The number of amides is 2. The van der Waals surface area contributed by atoms with Crippen molar-refractivity contribution >= 4 is 27.5 Å². The zero-order valence-electron chi connectivity index (χ0n) is 22.7. The maximum atomic E-state index is 13.9. The number of carbonyl (C=O) groups excluding carboxylic acids is 2. The van der Waals surface area contributed by atoms with Gasteiger partial charge in [0.2, 0.25) is 11.8 Å². The van der Waals surface area contributed by atoms with Crippen LogP contribution >= 0.6 is 0 Å². The molecule has 2 amide bonds. The van der Waals surface area contributed by atoms with Crippen LogP contribution in [0.4, 0.5) is 5.69 Å². The van der Waals surface area contributed by atoms with Gasteiger partial charge in [-0.2, -0.15) is 0 Å². The summed E-state index contributed by atoms with van der Waals surface area (Å²) < 4.78 is 28.7. The lowest BCUT2D eigenvalue weighted by atomic mass is 10.0. The number of aryl methyl sites for hydroxylation is 1. The molecule has 0 spiro atoms. The Morgan fingerprint density at radius 2 is 1.47 bits per heavy atom. The van der Waals surface area contributed by atoms with Crippen LogP contribution in [0.5, 0.6) is 0 Å². The Hall–Kier alpha value is -3.65. The third kappa shape index (κ3) is 6.81. The lowest BCUT2D eigenvalue weighted by Gasteiger charge is -2.32. The van der Waals surface area contributed by atoms with Crippen LogP contribution in [-0.4, -0.2) is 44.3 Å². The third-order valence-electron chi connectivity index (χ3n) is 6.58. The molecule has 1 atom stereocenters. The van der Waals surface area contributed by atoms with Gasteiger partial charge >= 0.3 is 0 Å². The second kappa shape index (κ2) is 12.7. The summed E-state index contributed by atoms with van der Waals surface area (Å²) in [5, 5.41) is 2.77. The highest BCUT2D eigenvalue weighted by molar-refractivity contribution is 7.92. The standard InChI is InChI=1S/C30H37N3O4S/c1-6-31-30(35)24(5)32(20-26-13-11-10-12-23(26)4)29(34)21-33(27-18-16-25(17-19-27)22(2)3)38(36,37)28-14-8-7-9-15-28/h7-19,22,24H,6,20-21H2,1-5H3,(H,31,35)/t24-/m0/s1. The van der Waals surface area contributed by atoms with E-state index in [1.54, 1.807) is 37.3 Å². The number of rotatable bonds is 11. The molecule has 0 saturated heterocycles. The summed E-state index contributed by atoms with van der Waals surface area (Å²) in [6, 6.07) is 22.1. The number of nitrogens with zero attached hydrogens (tertiary/aromatic N) is 2. The van der Waals surface area contributed by atoms with E-state index in [2.05, 4.69) is 19.2 Å². The molecule has 1 N–H and O–H groups in total. The molecule has 0 aliphatic heterocycles. The Morgan fingerprint density at radius 1 is 0.868 bits per heavy atom. The topological polar surface area (TPSA) is 86.8 Å². The van der Waals surface area contributed by atoms with Gasteiger partial charge in [-0.3, -0.25) is 13.9 Å². The largest absolute Gasteiger partial charge is 0.355 e. The fourth-order valence-electron chi connectivity index (χ4n) is 4.15. The van der Waals surface area contributed by atoms with E-state index < -0.39 is 28.5 Å². The van der Waals surface area contributed by atoms with E-state index in [1.165, 1.54) is 17.0 Å². The van der Waals surface area contributed by atoms with Gasteiger partial charge in [0.05, 0.1) is 10.6 Å². The second-order valence-corrected chi connectivity index (χ2v) is 11.5. The summed E-state index contributed by atoms with van der Waals surface area (Å²) in [5.74, 6) is -0.500. The summed E-state index contributed by atoms with van der Waals surface area (Å²) in [6.07, 6.45) is 0. The Balaban J connectivity index is 2.04. The number of hydrogen-bond acceptors (Lipinski definition) is 4. The minimum atomic E-state index is -4.07. The highest BCUT2D eigenvalue weighted by Crippen LogP contribution is 2.26. The minimum absolute atomic E-state index is 0.0861. The van der Waals surface area contributed by atoms with Crippen LogP contribution in [-0.2, 0) is 26.2 Å². The maximum Gasteiger partial charge on any atom is 0.264 e. The van der Waals surface area contributed by atoms with Gasteiger partial charge in [0.15, 0.2) is 0 Å². The van der Waals surface area contributed by atoms with Crippen LogP contribution in [0.3, 0.4) is 0 Å². The first-order valence-electron chi connectivity index (χ1n) is 12.9. The average Bonchev–Trinajstić information content (AvgIpc) is 2.91. The number of carbonyl (C=O) groups is 2. The van der Waals surface area contributed by atoms with Crippen molar-refractivity contribution in [1.82, 2.24) is 10.2 Å². The van der Waals surface area contributed by atoms with Gasteiger partial charge in [-0.25, -0.2) is 8.42 Å². The smallest absolute Gasteiger partial charge is 0.264 e. The van der Waals surface area contributed by atoms with E-state index in [1.807, 2.05) is 50.2 Å². The van der Waals surface area contributed by atoms with Gasteiger partial charge in [-0.1, -0.05) is 68.4 Å². The number of benzene rings is 3. The lowest BCUT2D eigenvalue weighted by molar-refractivity contribution is -0.139. The normalized spacial score (nSPS) is 12.2. The van der Waals surface area contributed by atoms with Gasteiger partial charge in [-0.05, 0) is 67.6 Å². The second-order valence-electron chi connectivity index (χ2n) is 9.59. The number of hydrogen-bond donors (Lipinski definition) is 1. The van der Waals surface area contributed by atoms with Crippen molar-refractivity contribution in [1.29, 1.82) is 0 Å². The van der Waals surface area contributed by atoms with E-state index in [9.17, 15) is 18.0 Å². The maximum absolute atomic E-state index is 13.9. The van der Waals surface area contributed by atoms with Gasteiger partial charge in [-0.15, -0.1) is 0 Å². The SMILES string of the molecule is CCNC(=O)[C@H](C)N(Cc1ccccc1C)C(=O)CN(c1ccc(C(C)C)cc1)S(=O)(=O)c1ccccc1. The van der Waals surface area contributed by atoms with Crippen molar-refractivity contribution in [2.45, 2.75) is 58.0 Å². The predicted octanol–water partition coefficient (Wildman–Crippen LogP) is 4.87. The number of nitrogens with one attached hydrogen (secondary N) is 1. The molecule has 3 aromatic rings. The van der Waals surface area contributed by atoms with E-state index in [4.69, 9.17) is 0 Å². The summed E-state index contributed by atoms with van der Waals surface area (Å²) in [5.41, 5.74) is 3.30. The van der Waals surface area contributed by atoms with Crippen molar-refractivity contribution in [2.75, 3.05) is 17.4 Å². The Bertz CT molecular complexity index is 1340. The predicted molar refractivity (Wildman–Crippen MR) is 151 cm³/mol. The van der Waals surface area contributed by atoms with Crippen LogP contribution in [0.15, 0.2) is 83.8 Å². The van der Waals surface area contributed by atoms with Crippen molar-refractivity contribution < 1.29 is 18.0 Å². The molecule has 7 nitrogen and oxygen atoms in total. The van der Waals surface area contributed by atoms with E-state index >= 15 is 0 Å². The number of sulfonamides is 1. The molecule has 0 saturated carbocycles. The van der Waals surface area contributed by atoms with Gasteiger partial charge in [0.1, 0.15) is 12.6 Å². The van der Waals surface area contributed by atoms with Crippen molar-refractivity contribution in [3.8, 4) is 0 Å². The van der Waals surface area contributed by atoms with E-state index in [0.29, 0.717) is 12.2 Å². The van der Waals surface area contributed by atoms with Crippen LogP contribution in [0.25, 0.3) is 0 Å². The zero-order chi connectivity index (χ0) is 27.9. The minimum Gasteiger partial charge on any atom is -0.355 e. The molecule has 38 heavy (non-hydrogen) atoms. The Kier molecular flexibility index (Phi) is 9.69. The molecule has 3 aromatic carbocycles. The van der Waals surface area contributed by atoms with E-state index in [-0.39, 0.29) is 23.3 Å². The lowest BCUT2D eigenvalue weighted by Crippen LogP contribution is -2.51. The fourth-order valence-corrected chi connectivity index (χ4v) is 5.58. The molecule has 3 rings (SSSR count). The van der Waals surface area contributed by atoms with E-state index in [0.717, 1.165) is 21.0 Å². The molecule has 0 aliphatic carbocycles. The summed E-state index contributed by atoms with van der Waals surface area (Å²) in [7, 11) is -4.07. The van der Waals surface area contributed by atoms with Crippen LogP contribution in [0, 0.1) is 6.92 Å². The molecule has 202 valence electrons. The Labute approximate surface area is 226 Å². The molecule has 0 radical (unpaired) electrons. The summed E-state index contributed by atoms with van der Waals surface area (Å²) in [6.45, 7) is 9.68. The summed E-state index contributed by atoms with van der Waals surface area (Å²) >= 11 is 0. The molecular formula is C30H37N3O4S. The first-order chi connectivity index (χ1) is 18.1. The number of likely N-dealkylation sites (N-methyl/N-ethyl adjacent to an activating group) is 1. The first-order valence-corrected chi connectivity index (χ1v) is 14.3. The molecular weight excluding hydrogens is 498 g/mol. The molecule has 0 unspecified atom stereocenters. The molecule has 0 heterocycles. The van der Waals surface area contributed by atoms with Gasteiger partial charge in [0, 0.05) is 13.1 Å². The number of anilines is 1. The van der Waals surface area contributed by atoms with Crippen LogP contribution in [0.1, 0.15) is 50.3 Å². The highest BCUT2D eigenvalue weighted by atomic mass is 32.2. The highest BCUT2D eigenvalue weighted by Gasteiger charge is 2.32. The molecule has 0 aliphatic rings. The van der Waals surface area contributed by atoms with Crippen molar-refractivity contribution in [3.63, 3.8) is 0 Å². The molecule has 0 aromatic heterocycles. The van der Waals surface area contributed by atoms with Gasteiger partial charge in [0.25, 0.3) is 10.0 Å². The molecule has 8 heteroatoms. The van der Waals surface area contributed by atoms with Crippen molar-refractivity contribution in [3.05, 3.63) is 95.6 Å². The third-order valence-corrected chi connectivity index (χ3v) is 8.37. The quantitative estimate of drug-likeness (QED) is 0.380. The zero-order valence-corrected chi connectivity index (χ0v) is 23.5. The fraction of sp³-hybridized carbons (Fsp3) is 0.333. The molecule has 0 bridgehead atoms.